The number of hydrogen-bond donors (Lipinski definition) is 4. The van der Waals surface area contributed by atoms with Crippen LogP contribution in [0.2, 0.25) is 0 Å². The Labute approximate surface area is 109 Å². The molecule has 18 heavy (non-hydrogen) atoms. The Kier molecular flexibility index (Phi) is 4.59. The van der Waals surface area contributed by atoms with Gasteiger partial charge in [-0.1, -0.05) is 12.8 Å². The van der Waals surface area contributed by atoms with Gasteiger partial charge in [0.1, 0.15) is 6.04 Å². The summed E-state index contributed by atoms with van der Waals surface area (Å²) in [5.74, 6) is 0.350. The Balaban J connectivity index is 1.96. The van der Waals surface area contributed by atoms with E-state index in [9.17, 15) is 4.79 Å². The molecule has 0 bridgehead atoms. The lowest BCUT2D eigenvalue weighted by molar-refractivity contribution is -0.123. The number of hydrogen-bond acceptors (Lipinski definition) is 4. The van der Waals surface area contributed by atoms with Crippen LogP contribution < -0.4 is 21.5 Å². The molecule has 1 aliphatic heterocycles. The van der Waals surface area contributed by atoms with Gasteiger partial charge in [-0.3, -0.25) is 10.2 Å². The second-order valence-electron chi connectivity index (χ2n) is 5.68. The maximum atomic E-state index is 11.9. The smallest absolute Gasteiger partial charge is 0.238 e. The molecule has 2 fully saturated rings. The zero-order chi connectivity index (χ0) is 13.1. The van der Waals surface area contributed by atoms with Crippen molar-refractivity contribution in [3.63, 3.8) is 0 Å². The van der Waals surface area contributed by atoms with E-state index in [0.29, 0.717) is 18.1 Å². The molecule has 0 spiro atoms. The van der Waals surface area contributed by atoms with Crippen LogP contribution in [0.15, 0.2) is 0 Å². The average molecular weight is 254 g/mol. The van der Waals surface area contributed by atoms with Gasteiger partial charge < -0.3 is 10.6 Å². The number of hydrazine groups is 1. The zero-order valence-electron chi connectivity index (χ0n) is 11.6. The van der Waals surface area contributed by atoms with Crippen LogP contribution in [0.1, 0.15) is 39.5 Å². The van der Waals surface area contributed by atoms with Crippen molar-refractivity contribution in [1.82, 2.24) is 21.5 Å². The number of nitrogens with one attached hydrogen (secondary N) is 4. The molecule has 4 atom stereocenters. The van der Waals surface area contributed by atoms with Crippen molar-refractivity contribution in [3.05, 3.63) is 0 Å². The predicted octanol–water partition coefficient (Wildman–Crippen LogP) is 0.134. The zero-order valence-corrected chi connectivity index (χ0v) is 11.6. The summed E-state index contributed by atoms with van der Waals surface area (Å²) in [5, 5.41) is 6.44. The molecule has 1 saturated carbocycles. The Morgan fingerprint density at radius 3 is 2.56 bits per heavy atom. The molecule has 2 aliphatic rings. The highest BCUT2D eigenvalue weighted by Crippen LogP contribution is 2.23. The lowest BCUT2D eigenvalue weighted by Gasteiger charge is -2.29. The molecule has 2 rings (SSSR count). The lowest BCUT2D eigenvalue weighted by atomic mass is 9.87. The first-order valence-corrected chi connectivity index (χ1v) is 7.12. The van der Waals surface area contributed by atoms with Crippen molar-refractivity contribution >= 4 is 5.91 Å². The molecule has 0 radical (unpaired) electrons. The first-order chi connectivity index (χ1) is 8.63. The van der Waals surface area contributed by atoms with Crippen LogP contribution in [0.3, 0.4) is 0 Å². The molecule has 0 aromatic heterocycles. The van der Waals surface area contributed by atoms with E-state index in [1.165, 1.54) is 25.7 Å². The van der Waals surface area contributed by atoms with Crippen molar-refractivity contribution in [2.24, 2.45) is 5.92 Å². The van der Waals surface area contributed by atoms with Crippen LogP contribution in [0.5, 0.6) is 0 Å². The summed E-state index contributed by atoms with van der Waals surface area (Å²) in [5.41, 5.74) is 6.30. The monoisotopic (exact) mass is 254 g/mol. The van der Waals surface area contributed by atoms with Crippen molar-refractivity contribution in [1.29, 1.82) is 0 Å². The van der Waals surface area contributed by atoms with Crippen LogP contribution in [0, 0.1) is 5.92 Å². The fourth-order valence-electron chi connectivity index (χ4n) is 3.40. The van der Waals surface area contributed by atoms with Gasteiger partial charge in [0.2, 0.25) is 5.91 Å². The molecule has 5 nitrogen and oxygen atoms in total. The van der Waals surface area contributed by atoms with Gasteiger partial charge in [0.15, 0.2) is 0 Å². The Bertz CT molecular complexity index is 291. The minimum absolute atomic E-state index is 0.0666. The molecule has 1 aliphatic carbocycles. The Morgan fingerprint density at radius 2 is 1.94 bits per heavy atom. The van der Waals surface area contributed by atoms with Crippen LogP contribution in [0.4, 0.5) is 0 Å². The standard InChI is InChI=1S/C13H26N4O/c1-8(15-10-6-4-5-7-10)11-9(2)16-17-12(11)13(18)14-3/h8-12,15-17H,4-7H2,1-3H3,(H,14,18). The molecule has 4 N–H and O–H groups in total. The number of carbonyl (C=O) groups is 1. The summed E-state index contributed by atoms with van der Waals surface area (Å²) in [6, 6.07) is 1.14. The maximum absolute atomic E-state index is 11.9. The summed E-state index contributed by atoms with van der Waals surface area (Å²) < 4.78 is 0. The van der Waals surface area contributed by atoms with Crippen molar-refractivity contribution in [2.75, 3.05) is 7.05 Å². The summed E-state index contributed by atoms with van der Waals surface area (Å²) in [6.07, 6.45) is 5.22. The van der Waals surface area contributed by atoms with Crippen LogP contribution in [-0.2, 0) is 4.79 Å². The minimum atomic E-state index is -0.145. The third-order valence-corrected chi connectivity index (χ3v) is 4.39. The first-order valence-electron chi connectivity index (χ1n) is 7.12. The van der Waals surface area contributed by atoms with Gasteiger partial charge in [0, 0.05) is 31.1 Å². The molecule has 104 valence electrons. The molecule has 1 amide bonds. The van der Waals surface area contributed by atoms with E-state index in [-0.39, 0.29) is 17.9 Å². The Hall–Kier alpha value is -0.650. The molecule has 0 aromatic carbocycles. The van der Waals surface area contributed by atoms with Gasteiger partial charge in [-0.25, -0.2) is 5.43 Å². The van der Waals surface area contributed by atoms with Gasteiger partial charge in [0.25, 0.3) is 0 Å². The second kappa shape index (κ2) is 5.99. The van der Waals surface area contributed by atoms with Gasteiger partial charge in [-0.2, -0.15) is 0 Å². The third-order valence-electron chi connectivity index (χ3n) is 4.39. The molecule has 5 heteroatoms. The molecular formula is C13H26N4O. The molecule has 0 aromatic rings. The normalized spacial score (nSPS) is 34.7. The maximum Gasteiger partial charge on any atom is 0.238 e. The Morgan fingerprint density at radius 1 is 1.28 bits per heavy atom. The van der Waals surface area contributed by atoms with Gasteiger partial charge in [-0.05, 0) is 26.7 Å². The fourth-order valence-corrected chi connectivity index (χ4v) is 3.40. The van der Waals surface area contributed by atoms with E-state index in [1.54, 1.807) is 7.05 Å². The number of likely N-dealkylation sites (N-methyl/N-ethyl adjacent to an activating group) is 1. The number of rotatable bonds is 4. The van der Waals surface area contributed by atoms with Crippen LogP contribution in [-0.4, -0.2) is 37.1 Å². The summed E-state index contributed by atoms with van der Waals surface area (Å²) in [4.78, 5) is 11.9. The predicted molar refractivity (Wildman–Crippen MR) is 71.9 cm³/mol. The molecule has 4 unspecified atom stereocenters. The van der Waals surface area contributed by atoms with E-state index in [4.69, 9.17) is 0 Å². The highest BCUT2D eigenvalue weighted by atomic mass is 16.2. The van der Waals surface area contributed by atoms with Crippen molar-refractivity contribution < 1.29 is 4.79 Å². The average Bonchev–Trinajstić information content (AvgIpc) is 2.97. The molecule has 1 heterocycles. The first kappa shape index (κ1) is 13.8. The fraction of sp³-hybridized carbons (Fsp3) is 0.923. The minimum Gasteiger partial charge on any atom is -0.358 e. The summed E-state index contributed by atoms with van der Waals surface area (Å²) >= 11 is 0. The molecule has 1 saturated heterocycles. The van der Waals surface area contributed by atoms with Gasteiger partial charge >= 0.3 is 0 Å². The SMILES string of the molecule is CNC(=O)C1NNC(C)C1C(C)NC1CCCC1. The number of amides is 1. The highest BCUT2D eigenvalue weighted by molar-refractivity contribution is 5.82. The second-order valence-corrected chi connectivity index (χ2v) is 5.68. The summed E-state index contributed by atoms with van der Waals surface area (Å²) in [7, 11) is 1.69. The van der Waals surface area contributed by atoms with E-state index >= 15 is 0 Å². The van der Waals surface area contributed by atoms with Crippen LogP contribution >= 0.6 is 0 Å². The largest absolute Gasteiger partial charge is 0.358 e. The topological polar surface area (TPSA) is 65.2 Å². The summed E-state index contributed by atoms with van der Waals surface area (Å²) in [6.45, 7) is 4.33. The lowest BCUT2D eigenvalue weighted by Crippen LogP contribution is -2.51. The number of carbonyl (C=O) groups excluding carboxylic acids is 1. The van der Waals surface area contributed by atoms with Crippen molar-refractivity contribution in [3.8, 4) is 0 Å². The van der Waals surface area contributed by atoms with E-state index in [0.717, 1.165) is 0 Å². The highest BCUT2D eigenvalue weighted by Gasteiger charge is 2.41. The third kappa shape index (κ3) is 2.84. The van der Waals surface area contributed by atoms with Crippen LogP contribution in [0.25, 0.3) is 0 Å². The van der Waals surface area contributed by atoms with E-state index in [2.05, 4.69) is 35.3 Å². The quantitative estimate of drug-likeness (QED) is 0.576. The van der Waals surface area contributed by atoms with Gasteiger partial charge in [-0.15, -0.1) is 0 Å². The molecular weight excluding hydrogens is 228 g/mol. The van der Waals surface area contributed by atoms with E-state index in [1.807, 2.05) is 0 Å². The van der Waals surface area contributed by atoms with Gasteiger partial charge in [0.05, 0.1) is 0 Å². The van der Waals surface area contributed by atoms with Crippen molar-refractivity contribution in [2.45, 2.75) is 63.7 Å². The van der Waals surface area contributed by atoms with E-state index < -0.39 is 0 Å².